The number of thiophene rings is 1. The van der Waals surface area contributed by atoms with Crippen molar-refractivity contribution in [1.29, 1.82) is 0 Å². The molecule has 0 atom stereocenters. The summed E-state index contributed by atoms with van der Waals surface area (Å²) >= 11 is 5.86. The second-order valence-corrected chi connectivity index (χ2v) is 16.4. The number of hydrogen-bond acceptors (Lipinski definition) is 3. The van der Waals surface area contributed by atoms with Gasteiger partial charge in [-0.15, -0.1) is 11.3 Å². The predicted molar refractivity (Wildman–Crippen MR) is 246 cm³/mol. The number of anilines is 6. The number of fused-ring (bicyclic) bond motifs is 8. The molecule has 1 aromatic heterocycles. The Morgan fingerprint density at radius 2 is 0.732 bits per heavy atom. The van der Waals surface area contributed by atoms with Crippen LogP contribution in [0.3, 0.4) is 0 Å². The van der Waals surface area contributed by atoms with Crippen molar-refractivity contribution in [3.63, 3.8) is 0 Å². The fraction of sp³-hybridized carbons (Fsp3) is 0. The standard InChI is InChI=1S/C52H33BrN2S/c53-41-30-46(54(42-21-17-34-9-1-4-13-38(34)27-42)43-22-18-35-10-2-5-14-39(35)28-43)32-47(31-41)55(44-23-19-36-11-3-6-15-40(36)29-44)45-24-25-49-51(33-45)56-50-26-20-37-12-7-8-16-48(37)52(49)50/h1-33H. The molecule has 0 aliphatic rings. The van der Waals surface area contributed by atoms with E-state index >= 15 is 0 Å². The van der Waals surface area contributed by atoms with Crippen molar-refractivity contribution < 1.29 is 0 Å². The van der Waals surface area contributed by atoms with Gasteiger partial charge in [-0.05, 0) is 116 Å². The topological polar surface area (TPSA) is 6.48 Å². The normalized spacial score (nSPS) is 11.7. The molecule has 0 spiro atoms. The summed E-state index contributed by atoms with van der Waals surface area (Å²) in [6.07, 6.45) is 0. The summed E-state index contributed by atoms with van der Waals surface area (Å²) in [6, 6.07) is 73.1. The quantitative estimate of drug-likeness (QED) is 0.165. The summed E-state index contributed by atoms with van der Waals surface area (Å²) in [5.74, 6) is 0. The lowest BCUT2D eigenvalue weighted by Crippen LogP contribution is -2.13. The second kappa shape index (κ2) is 13.4. The lowest BCUT2D eigenvalue weighted by molar-refractivity contribution is 1.25. The summed E-state index contributed by atoms with van der Waals surface area (Å²) in [5, 5.41) is 12.5. The minimum atomic E-state index is 0.997. The van der Waals surface area contributed by atoms with Crippen LogP contribution >= 0.6 is 27.3 Å². The lowest BCUT2D eigenvalue weighted by Gasteiger charge is -2.30. The van der Waals surface area contributed by atoms with Gasteiger partial charge in [-0.1, -0.05) is 143 Å². The molecule has 10 aromatic carbocycles. The van der Waals surface area contributed by atoms with Crippen LogP contribution in [-0.2, 0) is 0 Å². The molecule has 0 amide bonds. The van der Waals surface area contributed by atoms with Crippen LogP contribution in [0.1, 0.15) is 0 Å². The molecule has 0 fully saturated rings. The van der Waals surface area contributed by atoms with Gasteiger partial charge in [0.15, 0.2) is 0 Å². The van der Waals surface area contributed by atoms with E-state index in [-0.39, 0.29) is 0 Å². The highest BCUT2D eigenvalue weighted by atomic mass is 79.9. The average molecular weight is 798 g/mol. The number of halogens is 1. The van der Waals surface area contributed by atoms with Crippen molar-refractivity contribution in [2.24, 2.45) is 0 Å². The maximum absolute atomic E-state index is 3.99. The number of benzene rings is 10. The van der Waals surface area contributed by atoms with Crippen LogP contribution in [0, 0.1) is 0 Å². The first-order valence-electron chi connectivity index (χ1n) is 18.8. The number of hydrogen-bond donors (Lipinski definition) is 0. The Morgan fingerprint density at radius 1 is 0.304 bits per heavy atom. The van der Waals surface area contributed by atoms with Gasteiger partial charge in [-0.3, -0.25) is 0 Å². The molecule has 0 aliphatic heterocycles. The molecule has 0 aliphatic carbocycles. The highest BCUT2D eigenvalue weighted by Gasteiger charge is 2.21. The van der Waals surface area contributed by atoms with E-state index in [1.54, 1.807) is 0 Å². The first-order chi connectivity index (χ1) is 27.6. The van der Waals surface area contributed by atoms with Crippen molar-refractivity contribution in [3.8, 4) is 0 Å². The molecular weight excluding hydrogens is 765 g/mol. The van der Waals surface area contributed by atoms with Crippen LogP contribution in [-0.4, -0.2) is 0 Å². The third-order valence-electron chi connectivity index (χ3n) is 11.0. The molecule has 56 heavy (non-hydrogen) atoms. The van der Waals surface area contributed by atoms with Crippen LogP contribution in [0.2, 0.25) is 0 Å². The number of nitrogens with zero attached hydrogens (tertiary/aromatic N) is 2. The van der Waals surface area contributed by atoms with E-state index in [0.29, 0.717) is 0 Å². The molecule has 0 radical (unpaired) electrons. The van der Waals surface area contributed by atoms with Crippen LogP contribution < -0.4 is 9.80 Å². The molecule has 0 bridgehead atoms. The van der Waals surface area contributed by atoms with Crippen LogP contribution in [0.5, 0.6) is 0 Å². The first kappa shape index (κ1) is 32.9. The maximum Gasteiger partial charge on any atom is 0.0493 e. The third kappa shape index (κ3) is 5.69. The van der Waals surface area contributed by atoms with Gasteiger partial charge < -0.3 is 9.80 Å². The van der Waals surface area contributed by atoms with Gasteiger partial charge in [0.2, 0.25) is 0 Å². The van der Waals surface area contributed by atoms with E-state index in [0.717, 1.165) is 38.6 Å². The Morgan fingerprint density at radius 3 is 1.27 bits per heavy atom. The Balaban J connectivity index is 1.13. The Hall–Kier alpha value is -6.46. The summed E-state index contributed by atoms with van der Waals surface area (Å²) in [5.41, 5.74) is 6.51. The molecule has 1 heterocycles. The average Bonchev–Trinajstić information content (AvgIpc) is 3.62. The van der Waals surface area contributed by atoms with Gasteiger partial charge in [-0.25, -0.2) is 0 Å². The fourth-order valence-corrected chi connectivity index (χ4v) is 9.96. The molecule has 0 unspecified atom stereocenters. The molecule has 0 saturated carbocycles. The Labute approximate surface area is 337 Å². The van der Waals surface area contributed by atoms with Crippen LogP contribution in [0.4, 0.5) is 34.1 Å². The summed E-state index contributed by atoms with van der Waals surface area (Å²) in [7, 11) is 0. The van der Waals surface area contributed by atoms with Gasteiger partial charge in [0.05, 0.1) is 0 Å². The van der Waals surface area contributed by atoms with Crippen molar-refractivity contribution in [2.45, 2.75) is 0 Å². The van der Waals surface area contributed by atoms with E-state index in [2.05, 4.69) is 226 Å². The SMILES string of the molecule is Brc1cc(N(c2ccc3ccccc3c2)c2ccc3ccccc3c2)cc(N(c2ccc3ccccc3c2)c2ccc3c(c2)sc2ccc4ccccc4c23)c1. The van der Waals surface area contributed by atoms with E-state index in [1.165, 1.54) is 63.3 Å². The molecule has 264 valence electrons. The lowest BCUT2D eigenvalue weighted by atomic mass is 10.0. The van der Waals surface area contributed by atoms with Crippen molar-refractivity contribution in [2.75, 3.05) is 9.80 Å². The van der Waals surface area contributed by atoms with Gasteiger partial charge in [0, 0.05) is 58.8 Å². The zero-order chi connectivity index (χ0) is 37.2. The smallest absolute Gasteiger partial charge is 0.0493 e. The van der Waals surface area contributed by atoms with Gasteiger partial charge in [-0.2, -0.15) is 0 Å². The van der Waals surface area contributed by atoms with Gasteiger partial charge in [0.25, 0.3) is 0 Å². The van der Waals surface area contributed by atoms with E-state index < -0.39 is 0 Å². The second-order valence-electron chi connectivity index (χ2n) is 14.4. The van der Waals surface area contributed by atoms with E-state index in [1.807, 2.05) is 11.3 Å². The third-order valence-corrected chi connectivity index (χ3v) is 12.5. The van der Waals surface area contributed by atoms with Gasteiger partial charge in [0.1, 0.15) is 0 Å². The van der Waals surface area contributed by atoms with Gasteiger partial charge >= 0.3 is 0 Å². The van der Waals surface area contributed by atoms with Crippen LogP contribution in [0.15, 0.2) is 205 Å². The number of rotatable bonds is 6. The highest BCUT2D eigenvalue weighted by Crippen LogP contribution is 2.46. The summed E-state index contributed by atoms with van der Waals surface area (Å²) < 4.78 is 3.57. The van der Waals surface area contributed by atoms with E-state index in [4.69, 9.17) is 0 Å². The molecule has 2 nitrogen and oxygen atoms in total. The highest BCUT2D eigenvalue weighted by molar-refractivity contribution is 9.10. The van der Waals surface area contributed by atoms with E-state index in [9.17, 15) is 0 Å². The Bertz CT molecular complexity index is 3230. The molecule has 0 N–H and O–H groups in total. The first-order valence-corrected chi connectivity index (χ1v) is 20.5. The largest absolute Gasteiger partial charge is 0.310 e. The molecule has 11 rings (SSSR count). The maximum atomic E-state index is 3.99. The molecule has 0 saturated heterocycles. The molecule has 4 heteroatoms. The summed E-state index contributed by atoms with van der Waals surface area (Å²) in [6.45, 7) is 0. The molecule has 11 aromatic rings. The predicted octanol–water partition coefficient (Wildman–Crippen LogP) is 16.4. The zero-order valence-corrected chi connectivity index (χ0v) is 32.6. The fourth-order valence-electron chi connectivity index (χ4n) is 8.33. The van der Waals surface area contributed by atoms with Crippen LogP contribution in [0.25, 0.3) is 63.3 Å². The van der Waals surface area contributed by atoms with Crippen molar-refractivity contribution in [3.05, 3.63) is 205 Å². The Kier molecular flexibility index (Phi) is 7.87. The summed E-state index contributed by atoms with van der Waals surface area (Å²) in [4.78, 5) is 4.79. The minimum Gasteiger partial charge on any atom is -0.310 e. The monoisotopic (exact) mass is 796 g/mol. The van der Waals surface area contributed by atoms with Crippen molar-refractivity contribution in [1.82, 2.24) is 0 Å². The zero-order valence-electron chi connectivity index (χ0n) is 30.2. The van der Waals surface area contributed by atoms with Crippen molar-refractivity contribution >= 4 is 125 Å². The minimum absolute atomic E-state index is 0.997. The molecular formula is C52H33BrN2S.